The maximum absolute atomic E-state index is 12.5. The van der Waals surface area contributed by atoms with Gasteiger partial charge in [-0.3, -0.25) is 14.5 Å². The van der Waals surface area contributed by atoms with Crippen molar-refractivity contribution in [2.45, 2.75) is 39.5 Å². The van der Waals surface area contributed by atoms with Crippen molar-refractivity contribution in [2.75, 3.05) is 51.3 Å². The topological polar surface area (TPSA) is 90.6 Å². The molecular weight excluding hydrogens is 406 g/mol. The summed E-state index contributed by atoms with van der Waals surface area (Å²) in [5.41, 5.74) is 1.12. The number of aromatic nitrogens is 2. The zero-order chi connectivity index (χ0) is 23.3. The first-order valence-corrected chi connectivity index (χ1v) is 11.2. The number of hydrogen-bond acceptors (Lipinski definition) is 6. The number of nitrogens with zero attached hydrogens (tertiary/aromatic N) is 3. The number of aryl methyl sites for hydroxylation is 1. The highest BCUT2D eigenvalue weighted by Gasteiger charge is 2.22. The molecule has 0 saturated carbocycles. The van der Waals surface area contributed by atoms with Crippen LogP contribution in [-0.4, -0.2) is 67.2 Å². The minimum absolute atomic E-state index is 0.103. The molecule has 2 N–H and O–H groups in total. The maximum atomic E-state index is 12.5. The molecule has 0 aliphatic carbocycles. The van der Waals surface area contributed by atoms with Crippen LogP contribution in [0.4, 0.5) is 5.69 Å². The number of piperazine rings is 1. The molecule has 0 unspecified atom stereocenters. The molecule has 1 fully saturated rings. The number of carbonyl (C=O) groups excluding carboxylic acids is 1. The zero-order valence-corrected chi connectivity index (χ0v) is 19.8. The number of methoxy groups -OCH3 is 1. The molecular formula is C24H35N5O3. The molecule has 1 aliphatic heterocycles. The molecule has 2 heterocycles. The Morgan fingerprint density at radius 2 is 1.81 bits per heavy atom. The second-order valence-electron chi connectivity index (χ2n) is 9.26. The molecule has 1 aliphatic rings. The lowest BCUT2D eigenvalue weighted by Crippen LogP contribution is -2.47. The van der Waals surface area contributed by atoms with Gasteiger partial charge in [0.15, 0.2) is 0 Å². The Bertz CT molecular complexity index is 971. The van der Waals surface area contributed by atoms with Crippen LogP contribution in [0, 0.1) is 6.92 Å². The van der Waals surface area contributed by atoms with Crippen molar-refractivity contribution in [3.05, 3.63) is 51.7 Å². The maximum Gasteiger partial charge on any atom is 0.264 e. The number of H-pyrrole nitrogens is 1. The molecule has 0 bridgehead atoms. The fraction of sp³-hybridized carbons (Fsp3) is 0.542. The van der Waals surface area contributed by atoms with E-state index < -0.39 is 0 Å². The highest BCUT2D eigenvalue weighted by Crippen LogP contribution is 2.20. The quantitative estimate of drug-likeness (QED) is 0.641. The first-order valence-electron chi connectivity index (χ1n) is 11.2. The highest BCUT2D eigenvalue weighted by molar-refractivity contribution is 5.94. The Morgan fingerprint density at radius 3 is 2.38 bits per heavy atom. The van der Waals surface area contributed by atoms with E-state index in [4.69, 9.17) is 4.74 Å². The van der Waals surface area contributed by atoms with Gasteiger partial charge in [-0.25, -0.2) is 4.98 Å². The lowest BCUT2D eigenvalue weighted by Gasteiger charge is -2.36. The monoisotopic (exact) mass is 441 g/mol. The Kier molecular flexibility index (Phi) is 7.56. The smallest absolute Gasteiger partial charge is 0.264 e. The van der Waals surface area contributed by atoms with Gasteiger partial charge in [-0.2, -0.15) is 0 Å². The first-order chi connectivity index (χ1) is 15.2. The first kappa shape index (κ1) is 23.8. The molecule has 8 heteroatoms. The summed E-state index contributed by atoms with van der Waals surface area (Å²) in [6, 6.07) is 8.17. The second kappa shape index (κ2) is 10.2. The fourth-order valence-electron chi connectivity index (χ4n) is 3.82. The van der Waals surface area contributed by atoms with Crippen molar-refractivity contribution >= 4 is 11.6 Å². The van der Waals surface area contributed by atoms with Gasteiger partial charge >= 0.3 is 0 Å². The highest BCUT2D eigenvalue weighted by atomic mass is 16.5. The molecule has 174 valence electrons. The minimum Gasteiger partial charge on any atom is -0.497 e. The molecule has 0 spiro atoms. The summed E-state index contributed by atoms with van der Waals surface area (Å²) in [6.45, 7) is 13.0. The van der Waals surface area contributed by atoms with Gasteiger partial charge in [0.2, 0.25) is 0 Å². The van der Waals surface area contributed by atoms with E-state index in [0.717, 1.165) is 44.9 Å². The molecule has 3 rings (SSSR count). The van der Waals surface area contributed by atoms with E-state index >= 15 is 0 Å². The Labute approximate surface area is 190 Å². The summed E-state index contributed by atoms with van der Waals surface area (Å²) in [4.78, 5) is 37.0. The Balaban J connectivity index is 1.43. The van der Waals surface area contributed by atoms with Crippen molar-refractivity contribution in [2.24, 2.45) is 0 Å². The minimum atomic E-state index is -0.380. The average molecular weight is 442 g/mol. The number of carbonyl (C=O) groups is 1. The molecule has 1 amide bonds. The van der Waals surface area contributed by atoms with Gasteiger partial charge in [0.25, 0.3) is 11.5 Å². The number of aromatic amines is 1. The van der Waals surface area contributed by atoms with Crippen LogP contribution >= 0.6 is 0 Å². The number of hydrogen-bond donors (Lipinski definition) is 2. The van der Waals surface area contributed by atoms with E-state index in [2.05, 4.69) is 37.2 Å². The lowest BCUT2D eigenvalue weighted by atomic mass is 9.95. The molecule has 1 aromatic carbocycles. The van der Waals surface area contributed by atoms with Crippen molar-refractivity contribution in [1.29, 1.82) is 0 Å². The lowest BCUT2D eigenvalue weighted by molar-refractivity contribution is 0.0948. The molecule has 0 radical (unpaired) electrons. The van der Waals surface area contributed by atoms with Crippen molar-refractivity contribution in [3.63, 3.8) is 0 Å². The van der Waals surface area contributed by atoms with Gasteiger partial charge in [0, 0.05) is 43.8 Å². The zero-order valence-electron chi connectivity index (χ0n) is 19.8. The van der Waals surface area contributed by atoms with E-state index in [1.54, 1.807) is 14.0 Å². The number of nitrogens with one attached hydrogen (secondary N) is 2. The third-order valence-electron chi connectivity index (χ3n) is 5.78. The molecule has 8 nitrogen and oxygen atoms in total. The van der Waals surface area contributed by atoms with E-state index in [1.165, 1.54) is 5.69 Å². The van der Waals surface area contributed by atoms with Crippen molar-refractivity contribution in [1.82, 2.24) is 20.2 Å². The SMILES string of the molecule is COc1ccc(N2CCN(CCCNC(=O)c3c(C)nc(C(C)(C)C)[nH]c3=O)CC2)cc1. The second-order valence-corrected chi connectivity index (χ2v) is 9.26. The van der Waals surface area contributed by atoms with Crippen LogP contribution in [0.15, 0.2) is 29.1 Å². The number of ether oxygens (including phenoxy) is 1. The third kappa shape index (κ3) is 5.88. The number of rotatable bonds is 7. The Hall–Kier alpha value is -2.87. The Morgan fingerprint density at radius 1 is 1.16 bits per heavy atom. The summed E-state index contributed by atoms with van der Waals surface area (Å²) in [6.07, 6.45) is 0.832. The summed E-state index contributed by atoms with van der Waals surface area (Å²) in [7, 11) is 1.68. The van der Waals surface area contributed by atoms with E-state index in [9.17, 15) is 9.59 Å². The van der Waals surface area contributed by atoms with Crippen LogP contribution in [0.2, 0.25) is 0 Å². The van der Waals surface area contributed by atoms with Crippen LogP contribution in [0.5, 0.6) is 5.75 Å². The largest absolute Gasteiger partial charge is 0.497 e. The predicted octanol–water partition coefficient (Wildman–Crippen LogP) is 2.33. The van der Waals surface area contributed by atoms with Crippen LogP contribution in [-0.2, 0) is 5.41 Å². The van der Waals surface area contributed by atoms with E-state index in [-0.39, 0.29) is 22.4 Å². The summed E-state index contributed by atoms with van der Waals surface area (Å²) in [5.74, 6) is 1.10. The number of anilines is 1. The number of amides is 1. The molecule has 0 atom stereocenters. The normalized spacial score (nSPS) is 15.0. The van der Waals surface area contributed by atoms with Gasteiger partial charge in [-0.15, -0.1) is 0 Å². The van der Waals surface area contributed by atoms with Gasteiger partial charge in [0.1, 0.15) is 17.1 Å². The standard InChI is InChI=1S/C24H35N5O3/c1-17-20(22(31)27-23(26-17)24(2,3)4)21(30)25-11-6-12-28-13-15-29(16-14-28)18-7-9-19(32-5)10-8-18/h7-10H,6,11-16H2,1-5H3,(H,25,30)(H,26,27,31). The van der Waals surface area contributed by atoms with Gasteiger partial charge < -0.3 is 19.9 Å². The van der Waals surface area contributed by atoms with Crippen molar-refractivity contribution in [3.8, 4) is 5.75 Å². The molecule has 1 saturated heterocycles. The summed E-state index contributed by atoms with van der Waals surface area (Å²) < 4.78 is 5.23. The average Bonchev–Trinajstić information content (AvgIpc) is 2.76. The van der Waals surface area contributed by atoms with E-state index in [0.29, 0.717) is 18.1 Å². The van der Waals surface area contributed by atoms with Gasteiger partial charge in [0.05, 0.1) is 12.8 Å². The number of benzene rings is 1. The third-order valence-corrected chi connectivity index (χ3v) is 5.78. The van der Waals surface area contributed by atoms with Gasteiger partial charge in [-0.1, -0.05) is 20.8 Å². The molecule has 1 aromatic heterocycles. The van der Waals surface area contributed by atoms with Crippen molar-refractivity contribution < 1.29 is 9.53 Å². The van der Waals surface area contributed by atoms with Crippen LogP contribution in [0.25, 0.3) is 0 Å². The fourth-order valence-corrected chi connectivity index (χ4v) is 3.82. The van der Waals surface area contributed by atoms with Gasteiger partial charge in [-0.05, 0) is 44.2 Å². The van der Waals surface area contributed by atoms with E-state index in [1.807, 2.05) is 32.9 Å². The van der Waals surface area contributed by atoms with Crippen LogP contribution in [0.3, 0.4) is 0 Å². The molecule has 32 heavy (non-hydrogen) atoms. The molecule has 2 aromatic rings. The summed E-state index contributed by atoms with van der Waals surface area (Å²) >= 11 is 0. The summed E-state index contributed by atoms with van der Waals surface area (Å²) in [5, 5.41) is 2.88. The van der Waals surface area contributed by atoms with Crippen LogP contribution in [0.1, 0.15) is 49.1 Å². The van der Waals surface area contributed by atoms with Crippen LogP contribution < -0.4 is 20.5 Å². The predicted molar refractivity (Wildman–Crippen MR) is 127 cm³/mol.